The zero-order valence-electron chi connectivity index (χ0n) is 9.90. The zero-order chi connectivity index (χ0) is 12.1. The molecule has 88 valence electrons. The topological polar surface area (TPSA) is 33.2 Å². The Labute approximate surface area is 105 Å². The van der Waals surface area contributed by atoms with E-state index >= 15 is 0 Å². The maximum atomic E-state index is 12.2. The predicted octanol–water partition coefficient (Wildman–Crippen LogP) is 3.10. The smallest absolute Gasteiger partial charge is 0.272 e. The first-order valence-corrected chi connectivity index (χ1v) is 6.29. The second kappa shape index (κ2) is 5.99. The molecule has 0 aliphatic rings. The van der Waals surface area contributed by atoms with Crippen LogP contribution >= 0.6 is 15.9 Å². The number of aromatic nitrogens is 1. The van der Waals surface area contributed by atoms with E-state index in [9.17, 15) is 4.79 Å². The molecule has 4 heteroatoms. The van der Waals surface area contributed by atoms with Gasteiger partial charge in [-0.1, -0.05) is 13.0 Å². The molecule has 0 aromatic carbocycles. The van der Waals surface area contributed by atoms with Gasteiger partial charge in [0.15, 0.2) is 0 Å². The van der Waals surface area contributed by atoms with Crippen LogP contribution in [0.1, 0.15) is 37.7 Å². The van der Waals surface area contributed by atoms with Crippen molar-refractivity contribution in [1.82, 2.24) is 9.88 Å². The van der Waals surface area contributed by atoms with Gasteiger partial charge in [-0.2, -0.15) is 0 Å². The molecule has 1 amide bonds. The Morgan fingerprint density at radius 2 is 2.19 bits per heavy atom. The van der Waals surface area contributed by atoms with E-state index in [1.54, 1.807) is 6.07 Å². The Balaban J connectivity index is 2.90. The maximum Gasteiger partial charge on any atom is 0.272 e. The molecule has 0 aliphatic heterocycles. The third-order valence-electron chi connectivity index (χ3n) is 2.28. The summed E-state index contributed by atoms with van der Waals surface area (Å²) in [6.45, 7) is 6.87. The fourth-order valence-corrected chi connectivity index (χ4v) is 1.85. The summed E-state index contributed by atoms with van der Waals surface area (Å²) in [5, 5.41) is 0. The number of pyridine rings is 1. The summed E-state index contributed by atoms with van der Waals surface area (Å²) in [6, 6.07) is 5.59. The van der Waals surface area contributed by atoms with Crippen LogP contribution in [-0.4, -0.2) is 28.4 Å². The molecule has 0 unspecified atom stereocenters. The molecule has 0 saturated carbocycles. The second-order valence-corrected chi connectivity index (χ2v) is 4.75. The number of hydrogen-bond donors (Lipinski definition) is 0. The molecule has 16 heavy (non-hydrogen) atoms. The summed E-state index contributed by atoms with van der Waals surface area (Å²) in [6.07, 6.45) is 0.956. The van der Waals surface area contributed by atoms with Gasteiger partial charge in [-0.05, 0) is 48.3 Å². The molecule has 0 bridgehead atoms. The number of amides is 1. The van der Waals surface area contributed by atoms with Gasteiger partial charge in [0.2, 0.25) is 0 Å². The van der Waals surface area contributed by atoms with Crippen LogP contribution in [0, 0.1) is 0 Å². The van der Waals surface area contributed by atoms with E-state index in [-0.39, 0.29) is 11.9 Å². The number of hydrogen-bond acceptors (Lipinski definition) is 2. The van der Waals surface area contributed by atoms with E-state index in [1.807, 2.05) is 30.9 Å². The van der Waals surface area contributed by atoms with Gasteiger partial charge in [0.1, 0.15) is 10.3 Å². The molecule has 1 aromatic rings. The Morgan fingerprint density at radius 1 is 1.50 bits per heavy atom. The van der Waals surface area contributed by atoms with Crippen LogP contribution in [-0.2, 0) is 0 Å². The Morgan fingerprint density at radius 3 is 2.69 bits per heavy atom. The fraction of sp³-hybridized carbons (Fsp3) is 0.500. The predicted molar refractivity (Wildman–Crippen MR) is 68.4 cm³/mol. The van der Waals surface area contributed by atoms with Crippen LogP contribution < -0.4 is 0 Å². The van der Waals surface area contributed by atoms with Crippen molar-refractivity contribution in [2.75, 3.05) is 6.54 Å². The van der Waals surface area contributed by atoms with Gasteiger partial charge in [-0.3, -0.25) is 4.79 Å². The van der Waals surface area contributed by atoms with Crippen LogP contribution in [0.4, 0.5) is 0 Å². The van der Waals surface area contributed by atoms with Gasteiger partial charge in [0, 0.05) is 12.6 Å². The summed E-state index contributed by atoms with van der Waals surface area (Å²) in [7, 11) is 0. The van der Waals surface area contributed by atoms with Crippen molar-refractivity contribution in [3.8, 4) is 0 Å². The van der Waals surface area contributed by atoms with Crippen molar-refractivity contribution >= 4 is 21.8 Å². The second-order valence-electron chi connectivity index (χ2n) is 3.94. The quantitative estimate of drug-likeness (QED) is 0.796. The summed E-state index contributed by atoms with van der Waals surface area (Å²) < 4.78 is 0.693. The SMILES string of the molecule is CCCN(C(=O)c1cccc(Br)n1)C(C)C. The molecule has 1 aromatic heterocycles. The molecule has 0 saturated heterocycles. The lowest BCUT2D eigenvalue weighted by Gasteiger charge is -2.25. The molecule has 0 radical (unpaired) electrons. The summed E-state index contributed by atoms with van der Waals surface area (Å²) in [4.78, 5) is 18.2. The van der Waals surface area contributed by atoms with E-state index in [1.165, 1.54) is 0 Å². The van der Waals surface area contributed by atoms with Crippen molar-refractivity contribution < 1.29 is 4.79 Å². The number of rotatable bonds is 4. The fourth-order valence-electron chi connectivity index (χ4n) is 1.51. The standard InChI is InChI=1S/C12H17BrN2O/c1-4-8-15(9(2)3)12(16)10-6-5-7-11(13)14-10/h5-7,9H,4,8H2,1-3H3. The van der Waals surface area contributed by atoms with Gasteiger partial charge in [0.05, 0.1) is 0 Å². The largest absolute Gasteiger partial charge is 0.335 e. The van der Waals surface area contributed by atoms with Crippen LogP contribution in [0.3, 0.4) is 0 Å². The van der Waals surface area contributed by atoms with Gasteiger partial charge in [-0.15, -0.1) is 0 Å². The van der Waals surface area contributed by atoms with E-state index < -0.39 is 0 Å². The van der Waals surface area contributed by atoms with Crippen molar-refractivity contribution in [2.45, 2.75) is 33.2 Å². The first-order valence-electron chi connectivity index (χ1n) is 5.49. The van der Waals surface area contributed by atoms with Crippen LogP contribution in [0.15, 0.2) is 22.8 Å². The number of carbonyl (C=O) groups excluding carboxylic acids is 1. The van der Waals surface area contributed by atoms with Gasteiger partial charge in [0.25, 0.3) is 5.91 Å². The molecule has 1 rings (SSSR count). The van der Waals surface area contributed by atoms with E-state index in [4.69, 9.17) is 0 Å². The van der Waals surface area contributed by atoms with Gasteiger partial charge >= 0.3 is 0 Å². The average Bonchev–Trinajstić information content (AvgIpc) is 2.24. The van der Waals surface area contributed by atoms with Gasteiger partial charge < -0.3 is 4.90 Å². The minimum atomic E-state index is -0.00171. The molecule has 1 heterocycles. The Kier molecular flexibility index (Phi) is 4.93. The van der Waals surface area contributed by atoms with Crippen molar-refractivity contribution in [3.05, 3.63) is 28.5 Å². The van der Waals surface area contributed by atoms with Crippen LogP contribution in [0.5, 0.6) is 0 Å². The molecule has 0 spiro atoms. The minimum Gasteiger partial charge on any atom is -0.335 e. The lowest BCUT2D eigenvalue weighted by Crippen LogP contribution is -2.37. The number of halogens is 1. The van der Waals surface area contributed by atoms with Crippen molar-refractivity contribution in [2.24, 2.45) is 0 Å². The van der Waals surface area contributed by atoms with E-state index in [2.05, 4.69) is 27.8 Å². The summed E-state index contributed by atoms with van der Waals surface area (Å²) in [5.74, 6) is -0.00171. The van der Waals surface area contributed by atoms with E-state index in [0.29, 0.717) is 10.3 Å². The molecule has 0 fully saturated rings. The highest BCUT2D eigenvalue weighted by molar-refractivity contribution is 9.10. The molecule has 0 aliphatic carbocycles. The normalized spacial score (nSPS) is 10.6. The third-order valence-corrected chi connectivity index (χ3v) is 2.72. The minimum absolute atomic E-state index is 0.00171. The molecule has 0 atom stereocenters. The molecule has 3 nitrogen and oxygen atoms in total. The van der Waals surface area contributed by atoms with Gasteiger partial charge in [-0.25, -0.2) is 4.98 Å². The van der Waals surface area contributed by atoms with Crippen LogP contribution in [0.25, 0.3) is 0 Å². The molecular weight excluding hydrogens is 268 g/mol. The number of carbonyl (C=O) groups is 1. The molecular formula is C12H17BrN2O. The highest BCUT2D eigenvalue weighted by atomic mass is 79.9. The van der Waals surface area contributed by atoms with Crippen molar-refractivity contribution in [3.63, 3.8) is 0 Å². The van der Waals surface area contributed by atoms with E-state index in [0.717, 1.165) is 13.0 Å². The molecule has 0 N–H and O–H groups in total. The summed E-state index contributed by atoms with van der Waals surface area (Å²) >= 11 is 3.27. The zero-order valence-corrected chi connectivity index (χ0v) is 11.5. The first kappa shape index (κ1) is 13.2. The maximum absolute atomic E-state index is 12.2. The Bertz CT molecular complexity index is 366. The highest BCUT2D eigenvalue weighted by Gasteiger charge is 2.18. The average molecular weight is 285 g/mol. The monoisotopic (exact) mass is 284 g/mol. The summed E-state index contributed by atoms with van der Waals surface area (Å²) in [5.41, 5.74) is 0.497. The Hall–Kier alpha value is -0.900. The third kappa shape index (κ3) is 3.30. The number of nitrogens with zero attached hydrogens (tertiary/aromatic N) is 2. The van der Waals surface area contributed by atoms with Crippen molar-refractivity contribution in [1.29, 1.82) is 0 Å². The highest BCUT2D eigenvalue weighted by Crippen LogP contribution is 2.11. The van der Waals surface area contributed by atoms with Crippen LogP contribution in [0.2, 0.25) is 0 Å². The lowest BCUT2D eigenvalue weighted by molar-refractivity contribution is 0.0699. The first-order chi connectivity index (χ1) is 7.56. The lowest BCUT2D eigenvalue weighted by atomic mass is 10.2.